The number of benzene rings is 3. The smallest absolute Gasteiger partial charge is 0.369 e. The summed E-state index contributed by atoms with van der Waals surface area (Å²) in [6.07, 6.45) is -11.8. The maximum atomic E-state index is 13.1. The van der Waals surface area contributed by atoms with Gasteiger partial charge in [-0.2, -0.15) is 26.3 Å². The van der Waals surface area contributed by atoms with Gasteiger partial charge in [0.15, 0.2) is 0 Å². The lowest BCUT2D eigenvalue weighted by atomic mass is 9.90. The molecule has 0 spiro atoms. The van der Waals surface area contributed by atoms with Gasteiger partial charge >= 0.3 is 12.4 Å². The van der Waals surface area contributed by atoms with Crippen molar-refractivity contribution in [2.45, 2.75) is 31.0 Å². The Morgan fingerprint density at radius 3 is 1.74 bits per heavy atom. The molecule has 1 N–H and O–H groups in total. The first-order valence-electron chi connectivity index (χ1n) is 12.3. The van der Waals surface area contributed by atoms with Crippen molar-refractivity contribution >= 4 is 21.6 Å². The molecular weight excluding hydrogens is 540 g/mol. The largest absolute Gasteiger partial charge is 0.430 e. The standard InChI is InChI=1S/C28H25F6N3OS/c29-27(30,31)26(38,28(32,33)34)22-11-9-21(10-12-22)20-7-5-19(6-8-20)17-36-13-15-37(16-14-36)18-25-35-23-3-1-2-4-24(23)39-25/h1-12,38H,13-18H2. The highest BCUT2D eigenvalue weighted by atomic mass is 32.1. The van der Waals surface area contributed by atoms with Crippen LogP contribution >= 0.6 is 11.3 Å². The number of thiazole rings is 1. The number of nitrogens with zero attached hydrogens (tertiary/aromatic N) is 3. The molecule has 1 aliphatic rings. The number of aliphatic hydroxyl groups is 1. The monoisotopic (exact) mass is 565 g/mol. The third-order valence-electron chi connectivity index (χ3n) is 6.98. The molecule has 0 atom stereocenters. The molecule has 1 saturated heterocycles. The third kappa shape index (κ3) is 5.67. The van der Waals surface area contributed by atoms with Crippen molar-refractivity contribution < 1.29 is 31.4 Å². The van der Waals surface area contributed by atoms with Gasteiger partial charge in [0.2, 0.25) is 0 Å². The summed E-state index contributed by atoms with van der Waals surface area (Å²) in [4.78, 5) is 9.45. The summed E-state index contributed by atoms with van der Waals surface area (Å²) in [6.45, 7) is 5.19. The minimum absolute atomic E-state index is 0.445. The first-order valence-corrected chi connectivity index (χ1v) is 13.1. The fraction of sp³-hybridized carbons (Fsp3) is 0.321. The van der Waals surface area contributed by atoms with Crippen LogP contribution in [0.1, 0.15) is 16.1 Å². The molecule has 0 amide bonds. The molecule has 3 aromatic carbocycles. The van der Waals surface area contributed by atoms with E-state index in [0.717, 1.165) is 67.5 Å². The molecule has 1 aliphatic heterocycles. The molecule has 0 radical (unpaired) electrons. The van der Waals surface area contributed by atoms with Gasteiger partial charge in [0.05, 0.1) is 16.8 Å². The second-order valence-electron chi connectivity index (χ2n) is 9.61. The predicted octanol–water partition coefficient (Wildman–Crippen LogP) is 6.59. The van der Waals surface area contributed by atoms with Crippen molar-refractivity contribution in [3.05, 3.63) is 88.9 Å². The first-order chi connectivity index (χ1) is 18.4. The number of piperazine rings is 1. The number of fused-ring (bicyclic) bond motifs is 1. The van der Waals surface area contributed by atoms with E-state index in [2.05, 4.69) is 15.9 Å². The molecule has 0 saturated carbocycles. The van der Waals surface area contributed by atoms with Crippen LogP contribution in [0.4, 0.5) is 26.3 Å². The SMILES string of the molecule is OC(c1ccc(-c2ccc(CN3CCN(Cc4nc5ccccc5s4)CC3)cc2)cc1)(C(F)(F)F)C(F)(F)F. The first kappa shape index (κ1) is 27.6. The van der Waals surface area contributed by atoms with E-state index in [9.17, 15) is 31.4 Å². The topological polar surface area (TPSA) is 39.6 Å². The van der Waals surface area contributed by atoms with Gasteiger partial charge in [0.1, 0.15) is 5.01 Å². The minimum Gasteiger partial charge on any atom is -0.369 e. The Bertz CT molecular complexity index is 1360. The molecule has 0 bridgehead atoms. The van der Waals surface area contributed by atoms with Crippen molar-refractivity contribution in [2.24, 2.45) is 0 Å². The summed E-state index contributed by atoms with van der Waals surface area (Å²) in [7, 11) is 0. The van der Waals surface area contributed by atoms with Gasteiger partial charge in [-0.25, -0.2) is 4.98 Å². The molecule has 39 heavy (non-hydrogen) atoms. The maximum Gasteiger partial charge on any atom is 0.430 e. The van der Waals surface area contributed by atoms with Gasteiger partial charge in [0.25, 0.3) is 5.60 Å². The molecule has 0 aliphatic carbocycles. The van der Waals surface area contributed by atoms with Crippen molar-refractivity contribution in [1.82, 2.24) is 14.8 Å². The fourth-order valence-electron chi connectivity index (χ4n) is 4.74. The quantitative estimate of drug-likeness (QED) is 0.268. The van der Waals surface area contributed by atoms with Crippen LogP contribution in [0.3, 0.4) is 0 Å². The van der Waals surface area contributed by atoms with Gasteiger partial charge in [-0.05, 0) is 28.8 Å². The predicted molar refractivity (Wildman–Crippen MR) is 138 cm³/mol. The lowest BCUT2D eigenvalue weighted by Crippen LogP contribution is -2.53. The van der Waals surface area contributed by atoms with E-state index in [1.807, 2.05) is 30.3 Å². The van der Waals surface area contributed by atoms with E-state index >= 15 is 0 Å². The number of halogens is 6. The lowest BCUT2D eigenvalue weighted by Gasteiger charge is -2.34. The van der Waals surface area contributed by atoms with Crippen LogP contribution in [0.2, 0.25) is 0 Å². The van der Waals surface area contributed by atoms with Crippen molar-refractivity contribution in [1.29, 1.82) is 0 Å². The number of hydrogen-bond acceptors (Lipinski definition) is 5. The number of para-hydroxylation sites is 1. The van der Waals surface area contributed by atoms with Crippen LogP contribution in [0.25, 0.3) is 21.3 Å². The van der Waals surface area contributed by atoms with Crippen LogP contribution in [0.5, 0.6) is 0 Å². The summed E-state index contributed by atoms with van der Waals surface area (Å²) >= 11 is 1.72. The average Bonchev–Trinajstić information content (AvgIpc) is 3.31. The minimum atomic E-state index is -5.91. The Kier molecular flexibility index (Phi) is 7.45. The highest BCUT2D eigenvalue weighted by molar-refractivity contribution is 7.18. The van der Waals surface area contributed by atoms with E-state index < -0.39 is 23.5 Å². The number of rotatable bonds is 6. The zero-order valence-electron chi connectivity index (χ0n) is 20.6. The zero-order chi connectivity index (χ0) is 27.8. The van der Waals surface area contributed by atoms with E-state index in [1.54, 1.807) is 23.5 Å². The van der Waals surface area contributed by atoms with Gasteiger partial charge < -0.3 is 5.11 Å². The highest BCUT2D eigenvalue weighted by Gasteiger charge is 2.71. The van der Waals surface area contributed by atoms with Crippen LogP contribution in [-0.4, -0.2) is 58.4 Å². The molecule has 2 heterocycles. The van der Waals surface area contributed by atoms with Gasteiger partial charge in [-0.3, -0.25) is 9.80 Å². The summed E-state index contributed by atoms with van der Waals surface area (Å²) in [5.74, 6) is 0. The molecule has 1 aromatic heterocycles. The molecule has 0 unspecified atom stereocenters. The summed E-state index contributed by atoms with van der Waals surface area (Å²) in [6, 6.07) is 19.1. The molecule has 4 nitrogen and oxygen atoms in total. The van der Waals surface area contributed by atoms with Crippen LogP contribution in [-0.2, 0) is 18.7 Å². The summed E-state index contributed by atoms with van der Waals surface area (Å²) in [5, 5.41) is 10.7. The number of hydrogen-bond donors (Lipinski definition) is 1. The van der Waals surface area contributed by atoms with Crippen LogP contribution in [0.15, 0.2) is 72.8 Å². The van der Waals surface area contributed by atoms with Crippen molar-refractivity contribution in [2.75, 3.05) is 26.2 Å². The Hall–Kier alpha value is -2.99. The third-order valence-corrected chi connectivity index (χ3v) is 8.00. The van der Waals surface area contributed by atoms with E-state index in [-0.39, 0.29) is 0 Å². The number of aromatic nitrogens is 1. The summed E-state index contributed by atoms with van der Waals surface area (Å²) in [5.41, 5.74) is -3.03. The van der Waals surface area contributed by atoms with Crippen molar-refractivity contribution in [3.8, 4) is 11.1 Å². The lowest BCUT2D eigenvalue weighted by molar-refractivity contribution is -0.376. The Morgan fingerprint density at radius 2 is 1.21 bits per heavy atom. The zero-order valence-corrected chi connectivity index (χ0v) is 21.5. The second-order valence-corrected chi connectivity index (χ2v) is 10.7. The van der Waals surface area contributed by atoms with Crippen molar-refractivity contribution in [3.63, 3.8) is 0 Å². The summed E-state index contributed by atoms with van der Waals surface area (Å²) < 4.78 is 80.0. The van der Waals surface area contributed by atoms with E-state index in [4.69, 9.17) is 4.98 Å². The van der Waals surface area contributed by atoms with E-state index in [0.29, 0.717) is 23.3 Å². The molecule has 11 heteroatoms. The Balaban J connectivity index is 1.17. The molecule has 206 valence electrons. The average molecular weight is 566 g/mol. The molecular formula is C28H25F6N3OS. The van der Waals surface area contributed by atoms with Gasteiger partial charge in [-0.15, -0.1) is 11.3 Å². The highest BCUT2D eigenvalue weighted by Crippen LogP contribution is 2.50. The van der Waals surface area contributed by atoms with Gasteiger partial charge in [-0.1, -0.05) is 60.7 Å². The van der Waals surface area contributed by atoms with Crippen LogP contribution < -0.4 is 0 Å². The molecule has 4 aromatic rings. The number of alkyl halides is 6. The normalized spacial score (nSPS) is 16.2. The Labute approximate surface area is 225 Å². The second kappa shape index (κ2) is 10.5. The Morgan fingerprint density at radius 1 is 0.692 bits per heavy atom. The van der Waals surface area contributed by atoms with Gasteiger partial charge in [0, 0.05) is 38.3 Å². The van der Waals surface area contributed by atoms with Crippen LogP contribution in [0, 0.1) is 0 Å². The van der Waals surface area contributed by atoms with E-state index in [1.165, 1.54) is 4.70 Å². The molecule has 1 fully saturated rings. The molecule has 5 rings (SSSR count). The fourth-order valence-corrected chi connectivity index (χ4v) is 5.75. The maximum absolute atomic E-state index is 13.1.